The Labute approximate surface area is 155 Å². The number of hydrogen-bond donors (Lipinski definition) is 2. The Kier molecular flexibility index (Phi) is 7.53. The predicted molar refractivity (Wildman–Crippen MR) is 103 cm³/mol. The molecule has 0 spiro atoms. The molecule has 8 heteroatoms. The van der Waals surface area contributed by atoms with Crippen molar-refractivity contribution in [2.75, 3.05) is 32.9 Å². The number of nitrogens with one attached hydrogen (secondary N) is 2. The molecule has 1 aliphatic rings. The van der Waals surface area contributed by atoms with Gasteiger partial charge in [0.25, 0.3) is 0 Å². The number of rotatable bonds is 8. The second-order valence-corrected chi connectivity index (χ2v) is 8.79. The highest BCUT2D eigenvalue weighted by atomic mass is 35.5. The molecule has 0 unspecified atom stereocenters. The zero-order valence-corrected chi connectivity index (χ0v) is 16.4. The average Bonchev–Trinajstić information content (AvgIpc) is 2.49. The number of hydrogen-bond acceptors (Lipinski definition) is 3. The lowest BCUT2D eigenvalue weighted by Gasteiger charge is -2.25. The second-order valence-electron chi connectivity index (χ2n) is 6.42. The Balaban J connectivity index is 1.76. The van der Waals surface area contributed by atoms with Crippen molar-refractivity contribution < 1.29 is 8.42 Å². The smallest absolute Gasteiger partial charge is 0.213 e. The standard InChI is InChI=1S/C17H27ClN4O2S/c1-19-17(22(2)13-15-7-4-8-16(18)11-15)20-9-10-25(23,24)21-12-14-5-3-6-14/h4,7-8,11,14,21H,3,5-6,9-10,12-13H2,1-2H3,(H,19,20). The van der Waals surface area contributed by atoms with Crippen LogP contribution in [0.3, 0.4) is 0 Å². The van der Waals surface area contributed by atoms with Gasteiger partial charge in [-0.25, -0.2) is 13.1 Å². The first kappa shape index (κ1) is 20.0. The Hall–Kier alpha value is -1.31. The van der Waals surface area contributed by atoms with Gasteiger partial charge in [-0.1, -0.05) is 30.2 Å². The van der Waals surface area contributed by atoms with Crippen molar-refractivity contribution >= 4 is 27.6 Å². The zero-order valence-electron chi connectivity index (χ0n) is 14.8. The zero-order chi connectivity index (χ0) is 18.3. The first-order valence-corrected chi connectivity index (χ1v) is 10.6. The van der Waals surface area contributed by atoms with Crippen LogP contribution in [0.1, 0.15) is 24.8 Å². The SMILES string of the molecule is CN=C(NCCS(=O)(=O)NCC1CCC1)N(C)Cc1cccc(Cl)c1. The molecule has 1 saturated carbocycles. The molecule has 1 aliphatic carbocycles. The molecule has 2 N–H and O–H groups in total. The molecule has 0 radical (unpaired) electrons. The van der Waals surface area contributed by atoms with E-state index in [-0.39, 0.29) is 5.75 Å². The average molecular weight is 387 g/mol. The van der Waals surface area contributed by atoms with E-state index in [2.05, 4.69) is 15.0 Å². The number of sulfonamides is 1. The first-order valence-electron chi connectivity index (χ1n) is 8.53. The summed E-state index contributed by atoms with van der Waals surface area (Å²) in [6.45, 7) is 1.51. The van der Waals surface area contributed by atoms with E-state index >= 15 is 0 Å². The topological polar surface area (TPSA) is 73.8 Å². The molecular weight excluding hydrogens is 360 g/mol. The Morgan fingerprint density at radius 2 is 2.16 bits per heavy atom. The summed E-state index contributed by atoms with van der Waals surface area (Å²) in [6, 6.07) is 7.63. The second kappa shape index (κ2) is 9.40. The van der Waals surface area contributed by atoms with E-state index in [1.165, 1.54) is 6.42 Å². The monoisotopic (exact) mass is 386 g/mol. The van der Waals surface area contributed by atoms with E-state index in [1.54, 1.807) is 7.05 Å². The van der Waals surface area contributed by atoms with Gasteiger partial charge in [-0.2, -0.15) is 0 Å². The van der Waals surface area contributed by atoms with E-state index < -0.39 is 10.0 Å². The number of halogens is 1. The molecule has 0 aliphatic heterocycles. The van der Waals surface area contributed by atoms with Gasteiger partial charge in [0, 0.05) is 38.8 Å². The highest BCUT2D eigenvalue weighted by molar-refractivity contribution is 7.89. The molecule has 1 aromatic carbocycles. The van der Waals surface area contributed by atoms with Crippen LogP contribution in [0.4, 0.5) is 0 Å². The maximum atomic E-state index is 12.0. The number of nitrogens with zero attached hydrogens (tertiary/aromatic N) is 2. The van der Waals surface area contributed by atoms with Crippen LogP contribution < -0.4 is 10.0 Å². The van der Waals surface area contributed by atoms with Gasteiger partial charge in [0.15, 0.2) is 5.96 Å². The minimum atomic E-state index is -3.25. The van der Waals surface area contributed by atoms with E-state index in [0.29, 0.717) is 36.5 Å². The summed E-state index contributed by atoms with van der Waals surface area (Å²) in [6.07, 6.45) is 3.46. The van der Waals surface area contributed by atoms with Crippen LogP contribution in [-0.2, 0) is 16.6 Å². The van der Waals surface area contributed by atoms with Gasteiger partial charge in [-0.3, -0.25) is 4.99 Å². The van der Waals surface area contributed by atoms with Crippen LogP contribution in [-0.4, -0.2) is 52.2 Å². The summed E-state index contributed by atoms with van der Waals surface area (Å²) in [7, 11) is 0.333. The molecule has 6 nitrogen and oxygen atoms in total. The van der Waals surface area contributed by atoms with Crippen LogP contribution >= 0.6 is 11.6 Å². The van der Waals surface area contributed by atoms with Gasteiger partial charge in [0.2, 0.25) is 10.0 Å². The summed E-state index contributed by atoms with van der Waals surface area (Å²) in [4.78, 5) is 6.14. The van der Waals surface area contributed by atoms with Crippen molar-refractivity contribution in [3.63, 3.8) is 0 Å². The first-order chi connectivity index (χ1) is 11.9. The summed E-state index contributed by atoms with van der Waals surface area (Å²) in [5.74, 6) is 1.19. The van der Waals surface area contributed by atoms with Crippen molar-refractivity contribution in [3.05, 3.63) is 34.9 Å². The van der Waals surface area contributed by atoms with Crippen LogP contribution in [0.15, 0.2) is 29.3 Å². The van der Waals surface area contributed by atoms with E-state index in [4.69, 9.17) is 11.6 Å². The molecular formula is C17H27ClN4O2S. The molecule has 0 saturated heterocycles. The van der Waals surface area contributed by atoms with Gasteiger partial charge in [-0.15, -0.1) is 0 Å². The number of guanidine groups is 1. The highest BCUT2D eigenvalue weighted by Crippen LogP contribution is 2.25. The maximum absolute atomic E-state index is 12.0. The molecule has 1 fully saturated rings. The fraction of sp³-hybridized carbons (Fsp3) is 0.588. The molecule has 0 aromatic heterocycles. The highest BCUT2D eigenvalue weighted by Gasteiger charge is 2.20. The third kappa shape index (κ3) is 6.84. The van der Waals surface area contributed by atoms with Gasteiger partial charge >= 0.3 is 0 Å². The summed E-state index contributed by atoms with van der Waals surface area (Å²) in [5.41, 5.74) is 1.06. The minimum absolute atomic E-state index is 0.0315. The molecule has 0 bridgehead atoms. The van der Waals surface area contributed by atoms with E-state index in [1.807, 2.05) is 36.2 Å². The van der Waals surface area contributed by atoms with Crippen molar-refractivity contribution in [2.45, 2.75) is 25.8 Å². The fourth-order valence-corrected chi connectivity index (χ4v) is 3.90. The van der Waals surface area contributed by atoms with Gasteiger partial charge in [0.1, 0.15) is 0 Å². The summed E-state index contributed by atoms with van der Waals surface area (Å²) < 4.78 is 26.7. The summed E-state index contributed by atoms with van der Waals surface area (Å²) in [5, 5.41) is 3.79. The van der Waals surface area contributed by atoms with Crippen molar-refractivity contribution in [3.8, 4) is 0 Å². The molecule has 2 rings (SSSR count). The lowest BCUT2D eigenvalue weighted by molar-refractivity contribution is 0.316. The van der Waals surface area contributed by atoms with Crippen molar-refractivity contribution in [2.24, 2.45) is 10.9 Å². The van der Waals surface area contributed by atoms with E-state index in [9.17, 15) is 8.42 Å². The Morgan fingerprint density at radius 3 is 2.76 bits per heavy atom. The third-order valence-electron chi connectivity index (χ3n) is 4.35. The molecule has 0 amide bonds. The predicted octanol–water partition coefficient (Wildman–Crippen LogP) is 2.07. The van der Waals surface area contributed by atoms with Crippen molar-refractivity contribution in [1.29, 1.82) is 0 Å². The normalized spacial score (nSPS) is 15.7. The summed E-state index contributed by atoms with van der Waals surface area (Å²) >= 11 is 6.00. The van der Waals surface area contributed by atoms with Crippen molar-refractivity contribution in [1.82, 2.24) is 14.9 Å². The van der Waals surface area contributed by atoms with Crippen LogP contribution in [0.2, 0.25) is 5.02 Å². The third-order valence-corrected chi connectivity index (χ3v) is 5.94. The van der Waals surface area contributed by atoms with E-state index in [0.717, 1.165) is 18.4 Å². The van der Waals surface area contributed by atoms with Crippen LogP contribution in [0, 0.1) is 5.92 Å². The number of aliphatic imine (C=N–C) groups is 1. The minimum Gasteiger partial charge on any atom is -0.355 e. The van der Waals surface area contributed by atoms with Crippen LogP contribution in [0.25, 0.3) is 0 Å². The molecule has 0 heterocycles. The van der Waals surface area contributed by atoms with Gasteiger partial charge in [0.05, 0.1) is 5.75 Å². The fourth-order valence-electron chi connectivity index (χ4n) is 2.68. The molecule has 140 valence electrons. The molecule has 1 aromatic rings. The Morgan fingerprint density at radius 1 is 1.40 bits per heavy atom. The van der Waals surface area contributed by atoms with Crippen LogP contribution in [0.5, 0.6) is 0 Å². The largest absolute Gasteiger partial charge is 0.355 e. The van der Waals surface area contributed by atoms with Gasteiger partial charge < -0.3 is 10.2 Å². The lowest BCUT2D eigenvalue weighted by atomic mass is 9.86. The lowest BCUT2D eigenvalue weighted by Crippen LogP contribution is -2.42. The molecule has 0 atom stereocenters. The van der Waals surface area contributed by atoms with Gasteiger partial charge in [-0.05, 0) is 36.5 Å². The number of benzene rings is 1. The molecule has 25 heavy (non-hydrogen) atoms. The Bertz CT molecular complexity index is 690. The quantitative estimate of drug-likeness (QED) is 0.529. The maximum Gasteiger partial charge on any atom is 0.213 e.